The molecule has 166 valence electrons. The smallest absolute Gasteiger partial charge is 0.274 e. The number of amides is 1. The summed E-state index contributed by atoms with van der Waals surface area (Å²) in [6, 6.07) is 22.3. The minimum absolute atomic E-state index is 0.244. The third-order valence-electron chi connectivity index (χ3n) is 5.06. The first-order valence-electron chi connectivity index (χ1n) is 10.5. The number of fused-ring (bicyclic) bond motifs is 1. The summed E-state index contributed by atoms with van der Waals surface area (Å²) >= 11 is 0. The molecule has 0 aliphatic rings. The summed E-state index contributed by atoms with van der Waals surface area (Å²) in [7, 11) is 0. The van der Waals surface area contributed by atoms with Crippen LogP contribution in [0.2, 0.25) is 0 Å². The molecule has 3 N–H and O–H groups in total. The lowest BCUT2D eigenvalue weighted by Gasteiger charge is -2.11. The maximum Gasteiger partial charge on any atom is 0.274 e. The molecule has 34 heavy (non-hydrogen) atoms. The highest BCUT2D eigenvalue weighted by Gasteiger charge is 2.10. The summed E-state index contributed by atoms with van der Waals surface area (Å²) in [6.45, 7) is 0. The zero-order chi connectivity index (χ0) is 23.3. The Balaban J connectivity index is 1.29. The van der Waals surface area contributed by atoms with Crippen LogP contribution >= 0.6 is 0 Å². The van der Waals surface area contributed by atoms with Crippen molar-refractivity contribution in [1.29, 1.82) is 0 Å². The van der Waals surface area contributed by atoms with E-state index in [2.05, 4.69) is 30.9 Å². The highest BCUT2D eigenvalue weighted by molar-refractivity contribution is 6.03. The molecule has 0 saturated heterocycles. The average Bonchev–Trinajstić information content (AvgIpc) is 2.86. The number of hydrogen-bond donors (Lipinski definition) is 3. The van der Waals surface area contributed by atoms with E-state index >= 15 is 0 Å². The van der Waals surface area contributed by atoms with Crippen LogP contribution in [0.5, 0.6) is 0 Å². The fourth-order valence-electron chi connectivity index (χ4n) is 3.43. The van der Waals surface area contributed by atoms with Gasteiger partial charge in [0.15, 0.2) is 0 Å². The molecule has 0 bridgehead atoms. The first-order chi connectivity index (χ1) is 16.6. The third-order valence-corrected chi connectivity index (χ3v) is 5.06. The summed E-state index contributed by atoms with van der Waals surface area (Å²) in [5, 5.41) is 9.89. The number of nitrogens with one attached hydrogen (secondary N) is 3. The largest absolute Gasteiger partial charge is 0.355 e. The van der Waals surface area contributed by atoms with Gasteiger partial charge in [0.25, 0.3) is 5.91 Å². The number of pyridine rings is 3. The predicted octanol–water partition coefficient (Wildman–Crippen LogP) is 5.90. The zero-order valence-electron chi connectivity index (χ0n) is 17.9. The second kappa shape index (κ2) is 9.33. The van der Waals surface area contributed by atoms with E-state index in [1.165, 1.54) is 12.1 Å². The molecule has 0 aliphatic carbocycles. The molecule has 5 aromatic rings. The molecule has 0 radical (unpaired) electrons. The van der Waals surface area contributed by atoms with Crippen LogP contribution in [-0.4, -0.2) is 20.9 Å². The van der Waals surface area contributed by atoms with Crippen molar-refractivity contribution >= 4 is 45.4 Å². The molecule has 8 heteroatoms. The molecular weight excluding hydrogens is 431 g/mol. The summed E-state index contributed by atoms with van der Waals surface area (Å²) < 4.78 is 13.7. The van der Waals surface area contributed by atoms with Gasteiger partial charge in [-0.3, -0.25) is 14.8 Å². The van der Waals surface area contributed by atoms with Crippen LogP contribution < -0.4 is 16.0 Å². The molecule has 0 fully saturated rings. The van der Waals surface area contributed by atoms with Gasteiger partial charge >= 0.3 is 0 Å². The van der Waals surface area contributed by atoms with Gasteiger partial charge in [0.2, 0.25) is 0 Å². The van der Waals surface area contributed by atoms with Gasteiger partial charge in [-0.15, -0.1) is 0 Å². The Labute approximate surface area is 194 Å². The second-order valence-corrected chi connectivity index (χ2v) is 7.45. The molecule has 0 aliphatic heterocycles. The lowest BCUT2D eigenvalue weighted by Crippen LogP contribution is -2.14. The Morgan fingerprint density at radius 2 is 1.53 bits per heavy atom. The maximum atomic E-state index is 13.7. The fourth-order valence-corrected chi connectivity index (χ4v) is 3.43. The first kappa shape index (κ1) is 21.0. The van der Waals surface area contributed by atoms with E-state index in [9.17, 15) is 9.18 Å². The van der Waals surface area contributed by atoms with Gasteiger partial charge < -0.3 is 16.0 Å². The third kappa shape index (κ3) is 4.81. The predicted molar refractivity (Wildman–Crippen MR) is 131 cm³/mol. The molecule has 7 nitrogen and oxygen atoms in total. The minimum atomic E-state index is -0.355. The van der Waals surface area contributed by atoms with Crippen molar-refractivity contribution in [2.75, 3.05) is 16.0 Å². The molecule has 5 rings (SSSR count). The van der Waals surface area contributed by atoms with Crippen molar-refractivity contribution in [1.82, 2.24) is 15.0 Å². The monoisotopic (exact) mass is 450 g/mol. The van der Waals surface area contributed by atoms with Gasteiger partial charge in [-0.2, -0.15) is 0 Å². The Morgan fingerprint density at radius 1 is 0.765 bits per heavy atom. The van der Waals surface area contributed by atoms with Gasteiger partial charge in [-0.25, -0.2) is 9.37 Å². The van der Waals surface area contributed by atoms with Crippen molar-refractivity contribution in [3.8, 4) is 0 Å². The quantitative estimate of drug-likeness (QED) is 0.298. The summed E-state index contributed by atoms with van der Waals surface area (Å²) in [4.78, 5) is 25.4. The number of rotatable bonds is 6. The first-order valence-corrected chi connectivity index (χ1v) is 10.5. The molecule has 0 saturated carbocycles. The molecule has 2 aromatic carbocycles. The van der Waals surface area contributed by atoms with Gasteiger partial charge in [0, 0.05) is 41.0 Å². The van der Waals surface area contributed by atoms with Crippen molar-refractivity contribution in [2.45, 2.75) is 0 Å². The number of halogens is 1. The number of benzene rings is 2. The van der Waals surface area contributed by atoms with E-state index in [1.54, 1.807) is 61.1 Å². The number of aromatic nitrogens is 3. The number of carbonyl (C=O) groups is 1. The second-order valence-electron chi connectivity index (χ2n) is 7.45. The van der Waals surface area contributed by atoms with Crippen molar-refractivity contribution in [3.05, 3.63) is 109 Å². The Kier molecular flexibility index (Phi) is 5.77. The number of hydrogen-bond acceptors (Lipinski definition) is 6. The van der Waals surface area contributed by atoms with E-state index in [0.29, 0.717) is 28.1 Å². The van der Waals surface area contributed by atoms with E-state index in [1.807, 2.05) is 24.3 Å². The van der Waals surface area contributed by atoms with Crippen LogP contribution in [0, 0.1) is 5.82 Å². The summed E-state index contributed by atoms with van der Waals surface area (Å²) in [5.41, 5.74) is 3.99. The van der Waals surface area contributed by atoms with Crippen LogP contribution in [0.15, 0.2) is 97.5 Å². The Bertz CT molecular complexity index is 1460. The van der Waals surface area contributed by atoms with Crippen LogP contribution in [0.25, 0.3) is 10.9 Å². The van der Waals surface area contributed by atoms with Crippen molar-refractivity contribution in [2.24, 2.45) is 0 Å². The van der Waals surface area contributed by atoms with Crippen molar-refractivity contribution < 1.29 is 9.18 Å². The van der Waals surface area contributed by atoms with Crippen molar-refractivity contribution in [3.63, 3.8) is 0 Å². The lowest BCUT2D eigenvalue weighted by atomic mass is 10.2. The highest BCUT2D eigenvalue weighted by Crippen LogP contribution is 2.25. The minimum Gasteiger partial charge on any atom is -0.355 e. The van der Waals surface area contributed by atoms with E-state index in [-0.39, 0.29) is 17.4 Å². The molecule has 0 unspecified atom stereocenters. The zero-order valence-corrected chi connectivity index (χ0v) is 17.9. The average molecular weight is 450 g/mol. The number of anilines is 5. The SMILES string of the molecule is O=C(Nc1ccc(Nc2ccncc2)cc1)c1cccc(Nc2ccnc3ccc(F)cc23)n1. The van der Waals surface area contributed by atoms with Gasteiger partial charge in [-0.05, 0) is 72.8 Å². The molecule has 0 spiro atoms. The number of nitrogens with zero attached hydrogens (tertiary/aromatic N) is 3. The Hall–Kier alpha value is -4.85. The van der Waals surface area contributed by atoms with Crippen LogP contribution in [0.4, 0.5) is 33.0 Å². The van der Waals surface area contributed by atoms with Crippen LogP contribution in [0.1, 0.15) is 10.5 Å². The van der Waals surface area contributed by atoms with Crippen LogP contribution in [0.3, 0.4) is 0 Å². The van der Waals surface area contributed by atoms with Gasteiger partial charge in [0.1, 0.15) is 17.3 Å². The molecular formula is C26H19FN6O. The van der Waals surface area contributed by atoms with E-state index in [0.717, 1.165) is 11.4 Å². The molecule has 3 heterocycles. The van der Waals surface area contributed by atoms with Crippen LogP contribution in [-0.2, 0) is 0 Å². The lowest BCUT2D eigenvalue weighted by molar-refractivity contribution is 0.102. The summed E-state index contributed by atoms with van der Waals surface area (Å²) in [6.07, 6.45) is 5.05. The topological polar surface area (TPSA) is 91.8 Å². The summed E-state index contributed by atoms with van der Waals surface area (Å²) in [5.74, 6) is -0.239. The maximum absolute atomic E-state index is 13.7. The molecule has 0 atom stereocenters. The van der Waals surface area contributed by atoms with Gasteiger partial charge in [0.05, 0.1) is 11.2 Å². The van der Waals surface area contributed by atoms with E-state index in [4.69, 9.17) is 0 Å². The number of carbonyl (C=O) groups excluding carboxylic acids is 1. The highest BCUT2D eigenvalue weighted by atomic mass is 19.1. The Morgan fingerprint density at radius 3 is 2.35 bits per heavy atom. The molecule has 3 aromatic heterocycles. The normalized spacial score (nSPS) is 10.6. The van der Waals surface area contributed by atoms with E-state index < -0.39 is 0 Å². The fraction of sp³-hybridized carbons (Fsp3) is 0. The van der Waals surface area contributed by atoms with Gasteiger partial charge in [-0.1, -0.05) is 6.07 Å². The standard InChI is InChI=1S/C26H19FN6O/c27-17-4-9-22-21(16-17)23(12-15-29-22)32-25-3-1-2-24(33-25)26(34)31-19-7-5-18(6-8-19)30-20-10-13-28-14-11-20/h1-16H,(H,28,30)(H,31,34)(H,29,32,33). The molecule has 1 amide bonds.